The fourth-order valence-electron chi connectivity index (χ4n) is 2.49. The van der Waals surface area contributed by atoms with E-state index in [9.17, 15) is 4.79 Å². The van der Waals surface area contributed by atoms with E-state index in [0.29, 0.717) is 23.4 Å². The highest BCUT2D eigenvalue weighted by molar-refractivity contribution is 7.98. The number of carbonyl (C=O) groups excluding carboxylic acids is 1. The van der Waals surface area contributed by atoms with Gasteiger partial charge in [0.25, 0.3) is 11.1 Å². The lowest BCUT2D eigenvalue weighted by Gasteiger charge is -2.10. The first-order chi connectivity index (χ1) is 12.1. The Hall–Kier alpha value is -2.27. The summed E-state index contributed by atoms with van der Waals surface area (Å²) in [7, 11) is 0. The predicted octanol–water partition coefficient (Wildman–Crippen LogP) is 4.90. The van der Waals surface area contributed by atoms with Crippen LogP contribution in [0.2, 0.25) is 0 Å². The highest BCUT2D eigenvalue weighted by Crippen LogP contribution is 2.27. The number of benzene rings is 2. The molecule has 25 heavy (non-hydrogen) atoms. The smallest absolute Gasteiger partial charge is 0.257 e. The zero-order valence-corrected chi connectivity index (χ0v) is 15.3. The van der Waals surface area contributed by atoms with Crippen LogP contribution in [0.25, 0.3) is 11.1 Å². The van der Waals surface area contributed by atoms with Gasteiger partial charge in [0, 0.05) is 17.9 Å². The molecule has 4 nitrogen and oxygen atoms in total. The van der Waals surface area contributed by atoms with E-state index < -0.39 is 0 Å². The minimum atomic E-state index is -0.0191. The number of fused-ring (bicyclic) bond motifs is 1. The molecule has 3 aromatic rings. The van der Waals surface area contributed by atoms with Crippen LogP contribution in [-0.4, -0.2) is 17.4 Å². The number of carbonyl (C=O) groups is 1. The number of nitrogens with one attached hydrogen (secondary N) is 1. The highest BCUT2D eigenvalue weighted by atomic mass is 32.2. The molecule has 0 atom stereocenters. The quantitative estimate of drug-likeness (QED) is 0.613. The van der Waals surface area contributed by atoms with Crippen LogP contribution in [0.3, 0.4) is 0 Å². The summed E-state index contributed by atoms with van der Waals surface area (Å²) in [5.41, 5.74) is 3.33. The van der Waals surface area contributed by atoms with Crippen molar-refractivity contribution < 1.29 is 9.21 Å². The number of oxazole rings is 1. The topological polar surface area (TPSA) is 55.1 Å². The van der Waals surface area contributed by atoms with Gasteiger partial charge in [0.2, 0.25) is 0 Å². The van der Waals surface area contributed by atoms with Crippen molar-refractivity contribution in [3.05, 3.63) is 59.7 Å². The summed E-state index contributed by atoms with van der Waals surface area (Å²) in [5, 5.41) is 3.62. The van der Waals surface area contributed by atoms with Crippen molar-refractivity contribution in [1.82, 2.24) is 10.3 Å². The number of rotatable bonds is 7. The molecular formula is C20H22N2O2S. The van der Waals surface area contributed by atoms with Crippen LogP contribution >= 0.6 is 11.8 Å². The maximum Gasteiger partial charge on any atom is 0.257 e. The Bertz CT molecular complexity index is 825. The Balaban J connectivity index is 1.67. The Morgan fingerprint density at radius 3 is 2.72 bits per heavy atom. The Morgan fingerprint density at radius 2 is 1.92 bits per heavy atom. The van der Waals surface area contributed by atoms with Gasteiger partial charge in [0.1, 0.15) is 5.52 Å². The molecule has 1 N–H and O–H groups in total. The molecule has 0 radical (unpaired) electrons. The van der Waals surface area contributed by atoms with Crippen LogP contribution in [0.4, 0.5) is 0 Å². The Labute approximate surface area is 152 Å². The average molecular weight is 354 g/mol. The third-order valence-electron chi connectivity index (χ3n) is 3.89. The second kappa shape index (κ2) is 8.21. The largest absolute Gasteiger partial charge is 0.431 e. The van der Waals surface area contributed by atoms with Crippen LogP contribution in [0.1, 0.15) is 36.2 Å². The van der Waals surface area contributed by atoms with Crippen molar-refractivity contribution in [2.24, 2.45) is 5.92 Å². The van der Waals surface area contributed by atoms with Gasteiger partial charge < -0.3 is 9.73 Å². The number of para-hydroxylation sites is 2. The zero-order valence-electron chi connectivity index (χ0n) is 14.5. The Kier molecular flexibility index (Phi) is 5.76. The molecule has 1 amide bonds. The standard InChI is InChI=1S/C20H22N2O2S/c1-14(2)11-12-21-19(23)16-8-4-3-7-15(16)13-25-20-22-17-9-5-6-10-18(17)24-20/h3-10,14H,11-13H2,1-2H3,(H,21,23). The summed E-state index contributed by atoms with van der Waals surface area (Å²) in [4.78, 5) is 16.9. The molecule has 1 aromatic heterocycles. The van der Waals surface area contributed by atoms with Crippen molar-refractivity contribution in [1.29, 1.82) is 0 Å². The molecule has 130 valence electrons. The molecule has 0 bridgehead atoms. The lowest BCUT2D eigenvalue weighted by atomic mass is 10.1. The molecule has 0 aliphatic carbocycles. The normalized spacial score (nSPS) is 11.2. The third kappa shape index (κ3) is 4.63. The van der Waals surface area contributed by atoms with Crippen LogP contribution in [0.5, 0.6) is 0 Å². The first kappa shape index (κ1) is 17.5. The van der Waals surface area contributed by atoms with Crippen molar-refractivity contribution in [3.8, 4) is 0 Å². The summed E-state index contributed by atoms with van der Waals surface area (Å²) in [5.74, 6) is 1.19. The van der Waals surface area contributed by atoms with Crippen molar-refractivity contribution in [3.63, 3.8) is 0 Å². The van der Waals surface area contributed by atoms with Gasteiger partial charge in [-0.25, -0.2) is 4.98 Å². The fourth-order valence-corrected chi connectivity index (χ4v) is 3.33. The van der Waals surface area contributed by atoms with Crippen LogP contribution in [0.15, 0.2) is 58.2 Å². The fraction of sp³-hybridized carbons (Fsp3) is 0.300. The maximum absolute atomic E-state index is 12.4. The molecule has 3 rings (SSSR count). The predicted molar refractivity (Wildman–Crippen MR) is 102 cm³/mol. The molecule has 0 aliphatic heterocycles. The van der Waals surface area contributed by atoms with Crippen LogP contribution in [0, 0.1) is 5.92 Å². The van der Waals surface area contributed by atoms with Gasteiger partial charge in [-0.15, -0.1) is 0 Å². The van der Waals surface area contributed by atoms with Crippen molar-refractivity contribution in [2.75, 3.05) is 6.54 Å². The molecule has 0 unspecified atom stereocenters. The van der Waals surface area contributed by atoms with Crippen molar-refractivity contribution >= 4 is 28.8 Å². The van der Waals surface area contributed by atoms with Gasteiger partial charge in [0.15, 0.2) is 5.58 Å². The third-order valence-corrected chi connectivity index (χ3v) is 4.77. The van der Waals surface area contributed by atoms with Crippen LogP contribution in [-0.2, 0) is 5.75 Å². The van der Waals surface area contributed by atoms with Gasteiger partial charge in [-0.05, 0) is 36.1 Å². The maximum atomic E-state index is 12.4. The number of hydrogen-bond donors (Lipinski definition) is 1. The molecule has 5 heteroatoms. The molecule has 1 heterocycles. The number of amides is 1. The van der Waals surface area contributed by atoms with E-state index in [1.54, 1.807) is 0 Å². The van der Waals surface area contributed by atoms with Gasteiger partial charge in [0.05, 0.1) is 0 Å². The molecule has 0 spiro atoms. The number of thioether (sulfide) groups is 1. The molecule has 0 saturated heterocycles. The summed E-state index contributed by atoms with van der Waals surface area (Å²) in [6.07, 6.45) is 0.978. The number of aromatic nitrogens is 1. The monoisotopic (exact) mass is 354 g/mol. The number of nitrogens with zero attached hydrogens (tertiary/aromatic N) is 1. The summed E-state index contributed by atoms with van der Waals surface area (Å²) < 4.78 is 5.73. The first-order valence-electron chi connectivity index (χ1n) is 8.48. The van der Waals surface area contributed by atoms with E-state index in [1.807, 2.05) is 48.5 Å². The number of hydrogen-bond acceptors (Lipinski definition) is 4. The highest BCUT2D eigenvalue weighted by Gasteiger charge is 2.12. The van der Waals surface area contributed by atoms with E-state index >= 15 is 0 Å². The second-order valence-electron chi connectivity index (χ2n) is 6.33. The van der Waals surface area contributed by atoms with Gasteiger partial charge in [-0.2, -0.15) is 0 Å². The van der Waals surface area contributed by atoms with E-state index in [2.05, 4.69) is 24.1 Å². The van der Waals surface area contributed by atoms with E-state index in [4.69, 9.17) is 4.42 Å². The lowest BCUT2D eigenvalue weighted by molar-refractivity contribution is 0.0951. The van der Waals surface area contributed by atoms with E-state index in [-0.39, 0.29) is 5.91 Å². The first-order valence-corrected chi connectivity index (χ1v) is 9.46. The van der Waals surface area contributed by atoms with Gasteiger partial charge >= 0.3 is 0 Å². The minimum absolute atomic E-state index is 0.0191. The van der Waals surface area contributed by atoms with Crippen LogP contribution < -0.4 is 5.32 Å². The van der Waals surface area contributed by atoms with Crippen molar-refractivity contribution in [2.45, 2.75) is 31.2 Å². The molecule has 0 saturated carbocycles. The van der Waals surface area contributed by atoms with Gasteiger partial charge in [-0.3, -0.25) is 4.79 Å². The molecule has 0 aliphatic rings. The summed E-state index contributed by atoms with van der Waals surface area (Å²) in [6, 6.07) is 15.4. The molecule has 2 aromatic carbocycles. The average Bonchev–Trinajstić information content (AvgIpc) is 3.02. The van der Waals surface area contributed by atoms with E-state index in [0.717, 1.165) is 28.6 Å². The lowest BCUT2D eigenvalue weighted by Crippen LogP contribution is -2.26. The minimum Gasteiger partial charge on any atom is -0.431 e. The zero-order chi connectivity index (χ0) is 17.6. The van der Waals surface area contributed by atoms with E-state index in [1.165, 1.54) is 11.8 Å². The van der Waals surface area contributed by atoms with Gasteiger partial charge in [-0.1, -0.05) is 55.9 Å². The summed E-state index contributed by atoms with van der Waals surface area (Å²) >= 11 is 1.50. The molecule has 0 fully saturated rings. The second-order valence-corrected chi connectivity index (χ2v) is 7.26. The SMILES string of the molecule is CC(C)CCNC(=O)c1ccccc1CSc1nc2ccccc2o1. The summed E-state index contributed by atoms with van der Waals surface area (Å²) in [6.45, 7) is 5.00. The molecular weight excluding hydrogens is 332 g/mol. The Morgan fingerprint density at radius 1 is 1.16 bits per heavy atom.